The summed E-state index contributed by atoms with van der Waals surface area (Å²) < 4.78 is 0. The molecule has 0 radical (unpaired) electrons. The highest BCUT2D eigenvalue weighted by Crippen LogP contribution is 2.15. The van der Waals surface area contributed by atoms with Crippen molar-refractivity contribution in [3.05, 3.63) is 0 Å². The van der Waals surface area contributed by atoms with Gasteiger partial charge in [-0.15, -0.1) is 5.16 Å². The Morgan fingerprint density at radius 1 is 1.62 bits per heavy atom. The van der Waals surface area contributed by atoms with E-state index < -0.39 is 0 Å². The third kappa shape index (κ3) is 2.61. The number of nitrogens with zero attached hydrogens (tertiary/aromatic N) is 1. The molecule has 2 nitrogen and oxygen atoms in total. The first-order chi connectivity index (χ1) is 3.62. The minimum atomic E-state index is 0.0503. The molecule has 0 aromatic rings. The van der Waals surface area contributed by atoms with Crippen molar-refractivity contribution in [2.75, 3.05) is 0 Å². The fraction of sp³-hybridized carbons (Fsp3) is 0.833. The maximum Gasteiger partial charge on any atom is 0.0492 e. The Kier molecular flexibility index (Phi) is 2.52. The molecule has 48 valence electrons. The quantitative estimate of drug-likeness (QED) is 0.332. The Morgan fingerprint density at radius 2 is 2.12 bits per heavy atom. The van der Waals surface area contributed by atoms with Crippen LogP contribution in [0.4, 0.5) is 0 Å². The number of oxime groups is 1. The van der Waals surface area contributed by atoms with Crippen LogP contribution in [0.15, 0.2) is 5.16 Å². The summed E-state index contributed by atoms with van der Waals surface area (Å²) in [6, 6.07) is 0. The number of rotatable bonds is 2. The molecule has 2 heteroatoms. The van der Waals surface area contributed by atoms with Gasteiger partial charge in [0.1, 0.15) is 0 Å². The molecule has 0 amide bonds. The lowest BCUT2D eigenvalue weighted by Gasteiger charge is -2.13. The molecular formula is C6H13NO. The minimum Gasteiger partial charge on any atom is -0.411 e. The molecule has 0 aliphatic rings. The Bertz CT molecular complexity index is 86.5. The first-order valence-corrected chi connectivity index (χ1v) is 2.81. The zero-order valence-corrected chi connectivity index (χ0v) is 5.68. The summed E-state index contributed by atoms with van der Waals surface area (Å²) in [5, 5.41) is 11.1. The van der Waals surface area contributed by atoms with Crippen molar-refractivity contribution in [2.24, 2.45) is 10.6 Å². The minimum absolute atomic E-state index is 0.0503. The van der Waals surface area contributed by atoms with E-state index in [-0.39, 0.29) is 5.41 Å². The topological polar surface area (TPSA) is 32.6 Å². The van der Waals surface area contributed by atoms with E-state index in [1.54, 1.807) is 6.21 Å². The van der Waals surface area contributed by atoms with Crippen LogP contribution in [0.25, 0.3) is 0 Å². The molecule has 0 saturated carbocycles. The predicted molar refractivity (Wildman–Crippen MR) is 34.4 cm³/mol. The van der Waals surface area contributed by atoms with Crippen LogP contribution < -0.4 is 0 Å². The highest BCUT2D eigenvalue weighted by atomic mass is 16.4. The van der Waals surface area contributed by atoms with Crippen LogP contribution in [0.3, 0.4) is 0 Å². The molecule has 8 heavy (non-hydrogen) atoms. The van der Waals surface area contributed by atoms with Crippen molar-refractivity contribution in [3.63, 3.8) is 0 Å². The van der Waals surface area contributed by atoms with Crippen LogP contribution in [0.1, 0.15) is 27.2 Å². The van der Waals surface area contributed by atoms with Gasteiger partial charge in [-0.25, -0.2) is 0 Å². The van der Waals surface area contributed by atoms with E-state index in [1.165, 1.54) is 0 Å². The summed E-state index contributed by atoms with van der Waals surface area (Å²) in [5.41, 5.74) is 0.0503. The summed E-state index contributed by atoms with van der Waals surface area (Å²) in [7, 11) is 0. The lowest BCUT2D eigenvalue weighted by atomic mass is 9.92. The molecule has 1 N–H and O–H groups in total. The second kappa shape index (κ2) is 2.70. The molecule has 0 fully saturated rings. The van der Waals surface area contributed by atoms with Crippen molar-refractivity contribution in [1.29, 1.82) is 0 Å². The van der Waals surface area contributed by atoms with Gasteiger partial charge in [0.05, 0.1) is 0 Å². The van der Waals surface area contributed by atoms with Gasteiger partial charge in [0.2, 0.25) is 0 Å². The van der Waals surface area contributed by atoms with E-state index in [0.29, 0.717) is 0 Å². The summed E-state index contributed by atoms with van der Waals surface area (Å²) in [6.45, 7) is 6.10. The third-order valence-electron chi connectivity index (χ3n) is 1.32. The van der Waals surface area contributed by atoms with Gasteiger partial charge >= 0.3 is 0 Å². The monoisotopic (exact) mass is 115 g/mol. The van der Waals surface area contributed by atoms with Gasteiger partial charge in [0, 0.05) is 11.6 Å². The smallest absolute Gasteiger partial charge is 0.0492 e. The van der Waals surface area contributed by atoms with Crippen LogP contribution in [-0.4, -0.2) is 11.4 Å². The molecule has 0 aliphatic carbocycles. The summed E-state index contributed by atoms with van der Waals surface area (Å²) in [5.74, 6) is 0. The zero-order valence-electron chi connectivity index (χ0n) is 5.68. The molecule has 0 aromatic carbocycles. The van der Waals surface area contributed by atoms with E-state index in [1.807, 2.05) is 13.8 Å². The Balaban J connectivity index is 3.71. The van der Waals surface area contributed by atoms with Crippen molar-refractivity contribution < 1.29 is 5.21 Å². The third-order valence-corrected chi connectivity index (χ3v) is 1.32. The average molecular weight is 115 g/mol. The number of hydrogen-bond donors (Lipinski definition) is 1. The molecule has 0 heterocycles. The Hall–Kier alpha value is -0.530. The van der Waals surface area contributed by atoms with Gasteiger partial charge in [0.25, 0.3) is 0 Å². The summed E-state index contributed by atoms with van der Waals surface area (Å²) in [4.78, 5) is 0. The van der Waals surface area contributed by atoms with Crippen LogP contribution in [0.5, 0.6) is 0 Å². The highest BCUT2D eigenvalue weighted by molar-refractivity contribution is 5.63. The molecule has 0 spiro atoms. The van der Waals surface area contributed by atoms with E-state index >= 15 is 0 Å². The standard InChI is InChI=1S/C6H13NO/c1-4-6(2,3)5-7-8/h5,8H,4H2,1-3H3. The number of hydrogen-bond acceptors (Lipinski definition) is 2. The Labute approximate surface area is 50.2 Å². The average Bonchev–Trinajstić information content (AvgIpc) is 1.67. The van der Waals surface area contributed by atoms with Gasteiger partial charge in [-0.3, -0.25) is 0 Å². The van der Waals surface area contributed by atoms with Gasteiger partial charge in [-0.2, -0.15) is 0 Å². The van der Waals surface area contributed by atoms with Gasteiger partial charge in [-0.05, 0) is 6.42 Å². The van der Waals surface area contributed by atoms with E-state index in [2.05, 4.69) is 12.1 Å². The zero-order chi connectivity index (χ0) is 6.62. The van der Waals surface area contributed by atoms with E-state index in [0.717, 1.165) is 6.42 Å². The van der Waals surface area contributed by atoms with Crippen LogP contribution in [0, 0.1) is 5.41 Å². The molecular weight excluding hydrogens is 102 g/mol. The largest absolute Gasteiger partial charge is 0.411 e. The molecule has 0 atom stereocenters. The molecule has 0 aromatic heterocycles. The fourth-order valence-electron chi connectivity index (χ4n) is 0.248. The maximum atomic E-state index is 8.10. The van der Waals surface area contributed by atoms with Crippen LogP contribution in [0.2, 0.25) is 0 Å². The lowest BCUT2D eigenvalue weighted by Crippen LogP contribution is -2.10. The van der Waals surface area contributed by atoms with E-state index in [9.17, 15) is 0 Å². The van der Waals surface area contributed by atoms with Crippen LogP contribution >= 0.6 is 0 Å². The second-order valence-corrected chi connectivity index (χ2v) is 2.59. The second-order valence-electron chi connectivity index (χ2n) is 2.59. The lowest BCUT2D eigenvalue weighted by molar-refractivity contribution is 0.313. The molecule has 0 saturated heterocycles. The summed E-state index contributed by atoms with van der Waals surface area (Å²) in [6.07, 6.45) is 2.55. The van der Waals surface area contributed by atoms with Crippen LogP contribution in [-0.2, 0) is 0 Å². The van der Waals surface area contributed by atoms with Crippen molar-refractivity contribution in [1.82, 2.24) is 0 Å². The first-order valence-electron chi connectivity index (χ1n) is 2.81. The normalized spacial score (nSPS) is 12.9. The SMILES string of the molecule is CCC(C)(C)C=NO. The van der Waals surface area contributed by atoms with Crippen molar-refractivity contribution >= 4 is 6.21 Å². The fourth-order valence-corrected chi connectivity index (χ4v) is 0.248. The van der Waals surface area contributed by atoms with Gasteiger partial charge < -0.3 is 5.21 Å². The van der Waals surface area contributed by atoms with Gasteiger partial charge in [0.15, 0.2) is 0 Å². The van der Waals surface area contributed by atoms with Gasteiger partial charge in [-0.1, -0.05) is 20.8 Å². The highest BCUT2D eigenvalue weighted by Gasteiger charge is 2.10. The molecule has 0 unspecified atom stereocenters. The molecule has 0 bridgehead atoms. The van der Waals surface area contributed by atoms with Crippen molar-refractivity contribution in [3.8, 4) is 0 Å². The molecule has 0 rings (SSSR count). The van der Waals surface area contributed by atoms with Crippen molar-refractivity contribution in [2.45, 2.75) is 27.2 Å². The Morgan fingerprint density at radius 3 is 2.25 bits per heavy atom. The summed E-state index contributed by atoms with van der Waals surface area (Å²) >= 11 is 0. The predicted octanol–water partition coefficient (Wildman–Crippen LogP) is 1.88. The van der Waals surface area contributed by atoms with E-state index in [4.69, 9.17) is 5.21 Å². The first kappa shape index (κ1) is 7.47. The maximum absolute atomic E-state index is 8.10. The molecule has 0 aliphatic heterocycles.